The van der Waals surface area contributed by atoms with E-state index in [-0.39, 0.29) is 23.4 Å². The lowest BCUT2D eigenvalue weighted by atomic mass is 9.89. The van der Waals surface area contributed by atoms with E-state index in [1.165, 1.54) is 54.8 Å². The Morgan fingerprint density at radius 2 is 1.83 bits per heavy atom. The van der Waals surface area contributed by atoms with Crippen LogP contribution in [-0.2, 0) is 17.6 Å². The Hall–Kier alpha value is -2.93. The molecular weight excluding hydrogens is 370 g/mol. The Morgan fingerprint density at radius 3 is 2.52 bits per heavy atom. The molecule has 154 valence electrons. The largest absolute Gasteiger partial charge is 0.494 e. The van der Waals surface area contributed by atoms with Crippen LogP contribution in [0.4, 0.5) is 11.4 Å². The first kappa shape index (κ1) is 20.8. The third kappa shape index (κ3) is 4.92. The van der Waals surface area contributed by atoms with Crippen LogP contribution in [0.25, 0.3) is 0 Å². The average molecular weight is 397 g/mol. The van der Waals surface area contributed by atoms with E-state index in [2.05, 4.69) is 28.8 Å². The van der Waals surface area contributed by atoms with Gasteiger partial charge in [-0.1, -0.05) is 18.2 Å². The molecule has 7 nitrogen and oxygen atoms in total. The van der Waals surface area contributed by atoms with Crippen LogP contribution in [0.5, 0.6) is 5.75 Å². The molecule has 3 rings (SSSR count). The Kier molecular flexibility index (Phi) is 6.49. The number of carbonyl (C=O) groups is 1. The molecule has 29 heavy (non-hydrogen) atoms. The fourth-order valence-corrected chi connectivity index (χ4v) is 3.71. The zero-order valence-electron chi connectivity index (χ0n) is 17.0. The van der Waals surface area contributed by atoms with Crippen LogP contribution in [0, 0.1) is 10.1 Å². The molecule has 0 saturated heterocycles. The quantitative estimate of drug-likeness (QED) is 0.540. The summed E-state index contributed by atoms with van der Waals surface area (Å²) in [7, 11) is 1.41. The minimum Gasteiger partial charge on any atom is -0.494 e. The van der Waals surface area contributed by atoms with E-state index in [0.717, 1.165) is 12.8 Å². The fraction of sp³-hybridized carbons (Fsp3) is 0.409. The van der Waals surface area contributed by atoms with Crippen LogP contribution < -0.4 is 15.4 Å². The number of nitrogens with one attached hydrogen (secondary N) is 2. The zero-order valence-corrected chi connectivity index (χ0v) is 17.0. The zero-order chi connectivity index (χ0) is 21.0. The molecule has 2 N–H and O–H groups in total. The van der Waals surface area contributed by atoms with Gasteiger partial charge < -0.3 is 10.1 Å². The van der Waals surface area contributed by atoms with E-state index < -0.39 is 11.0 Å². The maximum Gasteiger partial charge on any atom is 0.273 e. The highest BCUT2D eigenvalue weighted by molar-refractivity contribution is 5.96. The van der Waals surface area contributed by atoms with Crippen molar-refractivity contribution in [2.75, 3.05) is 12.4 Å². The van der Waals surface area contributed by atoms with E-state index in [0.29, 0.717) is 5.69 Å². The second kappa shape index (κ2) is 9.05. The highest BCUT2D eigenvalue weighted by Crippen LogP contribution is 2.29. The molecule has 0 fully saturated rings. The van der Waals surface area contributed by atoms with Gasteiger partial charge in [0.05, 0.1) is 29.8 Å². The molecule has 0 aromatic heterocycles. The first-order valence-electron chi connectivity index (χ1n) is 9.90. The lowest BCUT2D eigenvalue weighted by molar-refractivity contribution is -0.384. The number of hydrogen-bond acceptors (Lipinski definition) is 5. The van der Waals surface area contributed by atoms with Gasteiger partial charge in [0.25, 0.3) is 5.69 Å². The lowest BCUT2D eigenvalue weighted by Gasteiger charge is -2.23. The molecule has 1 aliphatic carbocycles. The van der Waals surface area contributed by atoms with Crippen molar-refractivity contribution < 1.29 is 14.5 Å². The molecule has 1 aliphatic rings. The van der Waals surface area contributed by atoms with E-state index >= 15 is 0 Å². The summed E-state index contributed by atoms with van der Waals surface area (Å²) in [4.78, 5) is 23.0. The third-order valence-electron chi connectivity index (χ3n) is 5.42. The van der Waals surface area contributed by atoms with E-state index in [4.69, 9.17) is 4.74 Å². The van der Waals surface area contributed by atoms with Gasteiger partial charge in [-0.15, -0.1) is 0 Å². The molecule has 0 unspecified atom stereocenters. The SMILES string of the molecule is COc1cc([N+](=O)[O-])ccc1NC(=O)[C@@H](C)N[C@@H](C)c1ccc2c(c1)CCCC2. The van der Waals surface area contributed by atoms with Gasteiger partial charge in [-0.25, -0.2) is 0 Å². The molecule has 0 radical (unpaired) electrons. The van der Waals surface area contributed by atoms with Crippen LogP contribution in [-0.4, -0.2) is 24.0 Å². The molecule has 1 amide bonds. The molecule has 2 aromatic rings. The molecule has 2 atom stereocenters. The van der Waals surface area contributed by atoms with Gasteiger partial charge >= 0.3 is 0 Å². The van der Waals surface area contributed by atoms with Gasteiger partial charge in [-0.3, -0.25) is 20.2 Å². The summed E-state index contributed by atoms with van der Waals surface area (Å²) in [5.41, 5.74) is 4.32. The van der Waals surface area contributed by atoms with Gasteiger partial charge in [0.1, 0.15) is 5.75 Å². The number of nitro groups is 1. The minimum absolute atomic E-state index is 0.0155. The normalized spacial score (nSPS) is 15.1. The van der Waals surface area contributed by atoms with E-state index in [1.54, 1.807) is 6.92 Å². The number of non-ortho nitro benzene ring substituents is 1. The summed E-state index contributed by atoms with van der Waals surface area (Å²) in [6, 6.07) is 10.3. The van der Waals surface area contributed by atoms with Gasteiger partial charge in [0.2, 0.25) is 5.91 Å². The summed E-state index contributed by atoms with van der Waals surface area (Å²) in [5, 5.41) is 17.0. The van der Waals surface area contributed by atoms with Crippen molar-refractivity contribution in [2.24, 2.45) is 0 Å². The second-order valence-electron chi connectivity index (χ2n) is 7.48. The predicted molar refractivity (Wildman–Crippen MR) is 112 cm³/mol. The van der Waals surface area contributed by atoms with Crippen molar-refractivity contribution >= 4 is 17.3 Å². The Labute approximate surface area is 170 Å². The van der Waals surface area contributed by atoms with Gasteiger partial charge in [0, 0.05) is 12.1 Å². The summed E-state index contributed by atoms with van der Waals surface area (Å²) >= 11 is 0. The van der Waals surface area contributed by atoms with Gasteiger partial charge in [-0.2, -0.15) is 0 Å². The maximum absolute atomic E-state index is 12.6. The number of carbonyl (C=O) groups excluding carboxylic acids is 1. The molecule has 0 saturated carbocycles. The van der Waals surface area contributed by atoms with Crippen LogP contribution in [0.3, 0.4) is 0 Å². The molecule has 2 aromatic carbocycles. The number of benzene rings is 2. The number of aryl methyl sites for hydroxylation is 2. The second-order valence-corrected chi connectivity index (χ2v) is 7.48. The number of anilines is 1. The number of nitro benzene ring substituents is 1. The van der Waals surface area contributed by atoms with E-state index in [9.17, 15) is 14.9 Å². The monoisotopic (exact) mass is 397 g/mol. The number of amides is 1. The highest BCUT2D eigenvalue weighted by Gasteiger charge is 2.20. The molecule has 0 spiro atoms. The van der Waals surface area contributed by atoms with Gasteiger partial charge in [0.15, 0.2) is 0 Å². The third-order valence-corrected chi connectivity index (χ3v) is 5.42. The highest BCUT2D eigenvalue weighted by atomic mass is 16.6. The molecule has 0 aliphatic heterocycles. The first-order chi connectivity index (χ1) is 13.9. The van der Waals surface area contributed by atoms with Crippen molar-refractivity contribution in [3.8, 4) is 5.75 Å². The van der Waals surface area contributed by atoms with Crippen molar-refractivity contribution in [3.05, 3.63) is 63.2 Å². The van der Waals surface area contributed by atoms with Gasteiger partial charge in [-0.05, 0) is 62.3 Å². The number of nitrogens with zero attached hydrogens (tertiary/aromatic N) is 1. The summed E-state index contributed by atoms with van der Waals surface area (Å²) in [6.45, 7) is 3.84. The topological polar surface area (TPSA) is 93.5 Å². The maximum atomic E-state index is 12.6. The summed E-state index contributed by atoms with van der Waals surface area (Å²) < 4.78 is 5.18. The standard InChI is InChI=1S/C22H27N3O4/c1-14(17-9-8-16-6-4-5-7-18(16)12-17)23-15(2)22(26)24-20-11-10-19(25(27)28)13-21(20)29-3/h8-15,23H,4-7H2,1-3H3,(H,24,26)/t14-,15+/m0/s1. The Morgan fingerprint density at radius 1 is 1.10 bits per heavy atom. The predicted octanol–water partition coefficient (Wildman–Crippen LogP) is 4.16. The van der Waals surface area contributed by atoms with Crippen LogP contribution in [0.15, 0.2) is 36.4 Å². The van der Waals surface area contributed by atoms with Crippen molar-refractivity contribution in [1.29, 1.82) is 0 Å². The number of ether oxygens (including phenoxy) is 1. The number of rotatable bonds is 7. The van der Waals surface area contributed by atoms with Crippen LogP contribution >= 0.6 is 0 Å². The number of fused-ring (bicyclic) bond motifs is 1. The molecule has 0 bridgehead atoms. The lowest BCUT2D eigenvalue weighted by Crippen LogP contribution is -2.39. The molecular formula is C22H27N3O4. The number of methoxy groups -OCH3 is 1. The Bertz CT molecular complexity index is 913. The first-order valence-corrected chi connectivity index (χ1v) is 9.90. The van der Waals surface area contributed by atoms with Crippen molar-refractivity contribution in [3.63, 3.8) is 0 Å². The van der Waals surface area contributed by atoms with Crippen LogP contribution in [0.1, 0.15) is 49.4 Å². The summed E-state index contributed by atoms with van der Waals surface area (Å²) in [5.74, 6) is 0.0180. The minimum atomic E-state index is -0.501. The number of hydrogen-bond donors (Lipinski definition) is 2. The average Bonchev–Trinajstić information content (AvgIpc) is 2.73. The molecule has 7 heteroatoms. The van der Waals surface area contributed by atoms with Crippen molar-refractivity contribution in [2.45, 2.75) is 51.6 Å². The fourth-order valence-electron chi connectivity index (χ4n) is 3.71. The van der Waals surface area contributed by atoms with Crippen LogP contribution in [0.2, 0.25) is 0 Å². The summed E-state index contributed by atoms with van der Waals surface area (Å²) in [6.07, 6.45) is 4.75. The van der Waals surface area contributed by atoms with E-state index in [1.807, 2.05) is 6.92 Å². The molecule has 0 heterocycles. The Balaban J connectivity index is 1.65. The smallest absolute Gasteiger partial charge is 0.273 e. The van der Waals surface area contributed by atoms with Crippen molar-refractivity contribution in [1.82, 2.24) is 5.32 Å².